The van der Waals surface area contributed by atoms with Gasteiger partial charge in [-0.2, -0.15) is 5.10 Å². The predicted molar refractivity (Wildman–Crippen MR) is 105 cm³/mol. The van der Waals surface area contributed by atoms with Crippen molar-refractivity contribution in [2.75, 3.05) is 13.7 Å². The summed E-state index contributed by atoms with van der Waals surface area (Å²) in [6.07, 6.45) is 13.2. The van der Waals surface area contributed by atoms with Gasteiger partial charge in [-0.15, -0.1) is 0 Å². The lowest BCUT2D eigenvalue weighted by atomic mass is 9.74. The smallest absolute Gasteiger partial charge is 0.160 e. The zero-order valence-corrected chi connectivity index (χ0v) is 16.0. The summed E-state index contributed by atoms with van der Waals surface area (Å²) in [7, 11) is 1.60. The third-order valence-electron chi connectivity index (χ3n) is 6.64. The van der Waals surface area contributed by atoms with Crippen molar-refractivity contribution in [1.29, 1.82) is 0 Å². The van der Waals surface area contributed by atoms with E-state index in [0.29, 0.717) is 23.6 Å². The highest BCUT2D eigenvalue weighted by atomic mass is 16.5. The van der Waals surface area contributed by atoms with Gasteiger partial charge in [-0.1, -0.05) is 38.5 Å². The number of hydrogen-bond acceptors (Lipinski definition) is 4. The van der Waals surface area contributed by atoms with Crippen LogP contribution < -0.4 is 4.74 Å². The Hall–Kier alpha value is -1.71. The van der Waals surface area contributed by atoms with Gasteiger partial charge in [-0.25, -0.2) is 0 Å². The van der Waals surface area contributed by atoms with Crippen molar-refractivity contribution in [1.82, 2.24) is 5.01 Å². The number of aromatic hydroxyl groups is 1. The lowest BCUT2D eigenvalue weighted by Crippen LogP contribution is -2.45. The van der Waals surface area contributed by atoms with Gasteiger partial charge < -0.3 is 9.84 Å². The number of rotatable bonds is 3. The van der Waals surface area contributed by atoms with Crippen molar-refractivity contribution in [2.24, 2.45) is 16.9 Å². The molecule has 1 N–H and O–H groups in total. The van der Waals surface area contributed by atoms with Crippen molar-refractivity contribution in [3.05, 3.63) is 23.8 Å². The Bertz CT molecular complexity index is 650. The van der Waals surface area contributed by atoms with Crippen molar-refractivity contribution in [3.8, 4) is 11.5 Å². The second kappa shape index (κ2) is 7.89. The third-order valence-corrected chi connectivity index (χ3v) is 6.64. The predicted octanol–water partition coefficient (Wildman–Crippen LogP) is 4.95. The monoisotopic (exact) mass is 356 g/mol. The van der Waals surface area contributed by atoms with Crippen LogP contribution in [-0.4, -0.2) is 35.5 Å². The van der Waals surface area contributed by atoms with Crippen LogP contribution in [0.25, 0.3) is 0 Å². The van der Waals surface area contributed by atoms with E-state index in [1.807, 2.05) is 12.1 Å². The van der Waals surface area contributed by atoms with Gasteiger partial charge in [0.25, 0.3) is 0 Å². The van der Waals surface area contributed by atoms with Crippen molar-refractivity contribution >= 4 is 5.71 Å². The fraction of sp³-hybridized carbons (Fsp3) is 0.682. The zero-order chi connectivity index (χ0) is 17.9. The Labute approximate surface area is 157 Å². The molecular formula is C22H32N2O2. The summed E-state index contributed by atoms with van der Waals surface area (Å²) in [5.74, 6) is 2.00. The Balaban J connectivity index is 1.66. The summed E-state index contributed by atoms with van der Waals surface area (Å²) in [5.41, 5.74) is 2.27. The number of phenolic OH excluding ortho intramolecular Hbond substituents is 1. The number of hydrazone groups is 1. The minimum Gasteiger partial charge on any atom is -0.504 e. The summed E-state index contributed by atoms with van der Waals surface area (Å²) in [4.78, 5) is 0. The maximum Gasteiger partial charge on any atom is 0.160 e. The van der Waals surface area contributed by atoms with Crippen molar-refractivity contribution in [2.45, 2.75) is 70.3 Å². The highest BCUT2D eigenvalue weighted by Crippen LogP contribution is 2.39. The molecule has 3 aliphatic rings. The number of benzene rings is 1. The van der Waals surface area contributed by atoms with Gasteiger partial charge in [0, 0.05) is 24.1 Å². The lowest BCUT2D eigenvalue weighted by Gasteiger charge is -2.43. The molecule has 4 rings (SSSR count). The van der Waals surface area contributed by atoms with Gasteiger partial charge in [-0.05, 0) is 49.8 Å². The molecule has 2 atom stereocenters. The molecule has 26 heavy (non-hydrogen) atoms. The van der Waals surface area contributed by atoms with E-state index in [1.165, 1.54) is 69.9 Å². The molecule has 142 valence electrons. The number of ether oxygens (including phenoxy) is 1. The largest absolute Gasteiger partial charge is 0.504 e. The fourth-order valence-corrected chi connectivity index (χ4v) is 5.19. The van der Waals surface area contributed by atoms with E-state index in [2.05, 4.69) is 11.1 Å². The van der Waals surface area contributed by atoms with E-state index in [0.717, 1.165) is 12.1 Å². The number of fused-ring (bicyclic) bond motifs is 1. The molecule has 0 unspecified atom stereocenters. The van der Waals surface area contributed by atoms with Gasteiger partial charge in [0.05, 0.1) is 12.8 Å². The first-order chi connectivity index (χ1) is 12.8. The standard InChI is InChI=1S/C22H32N2O2/c1-26-21-13-12-16(14-20(21)25)22-19-11-7-6-8-17(19)15-24(23-22)18-9-4-2-3-5-10-18/h12-14,17-19,25H,2-11,15H2,1H3/t17-,19-/m0/s1. The van der Waals surface area contributed by atoms with E-state index in [-0.39, 0.29) is 5.75 Å². The van der Waals surface area contributed by atoms with E-state index in [1.54, 1.807) is 7.11 Å². The van der Waals surface area contributed by atoms with Crippen LogP contribution in [0.3, 0.4) is 0 Å². The van der Waals surface area contributed by atoms with Crippen LogP contribution >= 0.6 is 0 Å². The molecule has 2 fully saturated rings. The Morgan fingerprint density at radius 1 is 1.00 bits per heavy atom. The van der Waals surface area contributed by atoms with Crippen LogP contribution in [0.4, 0.5) is 0 Å². The molecule has 1 aromatic carbocycles. The van der Waals surface area contributed by atoms with Gasteiger partial charge in [-0.3, -0.25) is 5.01 Å². The second-order valence-electron chi connectivity index (χ2n) is 8.29. The highest BCUT2D eigenvalue weighted by molar-refractivity contribution is 6.03. The molecule has 1 heterocycles. The molecule has 0 saturated heterocycles. The number of methoxy groups -OCH3 is 1. The average molecular weight is 357 g/mol. The lowest BCUT2D eigenvalue weighted by molar-refractivity contribution is 0.110. The molecule has 0 radical (unpaired) electrons. The molecule has 4 heteroatoms. The van der Waals surface area contributed by atoms with Crippen molar-refractivity contribution < 1.29 is 9.84 Å². The van der Waals surface area contributed by atoms with Crippen LogP contribution in [0.15, 0.2) is 23.3 Å². The second-order valence-corrected chi connectivity index (χ2v) is 8.29. The van der Waals surface area contributed by atoms with Crippen LogP contribution in [-0.2, 0) is 0 Å². The van der Waals surface area contributed by atoms with E-state index < -0.39 is 0 Å². The Kier molecular flexibility index (Phi) is 5.37. The minimum absolute atomic E-state index is 0.214. The molecule has 4 nitrogen and oxygen atoms in total. The van der Waals surface area contributed by atoms with Gasteiger partial charge in [0.2, 0.25) is 0 Å². The summed E-state index contributed by atoms with van der Waals surface area (Å²) in [5, 5.41) is 17.9. The molecule has 0 spiro atoms. The van der Waals surface area contributed by atoms with E-state index >= 15 is 0 Å². The topological polar surface area (TPSA) is 45.1 Å². The molecule has 2 saturated carbocycles. The highest BCUT2D eigenvalue weighted by Gasteiger charge is 2.37. The van der Waals surface area contributed by atoms with Gasteiger partial charge in [0.15, 0.2) is 11.5 Å². The molecule has 2 aliphatic carbocycles. The van der Waals surface area contributed by atoms with Gasteiger partial charge >= 0.3 is 0 Å². The first-order valence-corrected chi connectivity index (χ1v) is 10.5. The number of nitrogens with zero attached hydrogens (tertiary/aromatic N) is 2. The van der Waals surface area contributed by atoms with Crippen LogP contribution in [0, 0.1) is 11.8 Å². The first kappa shape index (κ1) is 17.7. The maximum absolute atomic E-state index is 10.3. The molecule has 1 aliphatic heterocycles. The molecule has 0 bridgehead atoms. The summed E-state index contributed by atoms with van der Waals surface area (Å²) < 4.78 is 5.22. The summed E-state index contributed by atoms with van der Waals surface area (Å²) in [6.45, 7) is 1.13. The number of hydrogen-bond donors (Lipinski definition) is 1. The minimum atomic E-state index is 0.214. The summed E-state index contributed by atoms with van der Waals surface area (Å²) >= 11 is 0. The number of phenols is 1. The van der Waals surface area contributed by atoms with E-state index in [4.69, 9.17) is 9.84 Å². The van der Waals surface area contributed by atoms with E-state index in [9.17, 15) is 5.11 Å². The molecule has 0 aromatic heterocycles. The molecular weight excluding hydrogens is 324 g/mol. The van der Waals surface area contributed by atoms with Crippen LogP contribution in [0.1, 0.15) is 69.8 Å². The van der Waals surface area contributed by atoms with Crippen LogP contribution in [0.2, 0.25) is 0 Å². The van der Waals surface area contributed by atoms with Crippen LogP contribution in [0.5, 0.6) is 11.5 Å². The average Bonchev–Trinajstić information content (AvgIpc) is 2.96. The van der Waals surface area contributed by atoms with Gasteiger partial charge in [0.1, 0.15) is 0 Å². The zero-order valence-electron chi connectivity index (χ0n) is 16.0. The SMILES string of the molecule is COc1ccc(C2=NN(C3CCCCCC3)C[C@@H]3CCCC[C@H]23)cc1O. The third kappa shape index (κ3) is 3.56. The molecule has 0 amide bonds. The quantitative estimate of drug-likeness (QED) is 0.779. The fourth-order valence-electron chi connectivity index (χ4n) is 5.19. The molecule has 1 aromatic rings. The first-order valence-electron chi connectivity index (χ1n) is 10.5. The Morgan fingerprint density at radius 2 is 1.73 bits per heavy atom. The maximum atomic E-state index is 10.3. The summed E-state index contributed by atoms with van der Waals surface area (Å²) in [6, 6.07) is 6.39. The Morgan fingerprint density at radius 3 is 2.46 bits per heavy atom. The normalized spacial score (nSPS) is 27.4. The van der Waals surface area contributed by atoms with Crippen molar-refractivity contribution in [3.63, 3.8) is 0 Å².